The number of carbonyl (C=O) groups is 1. The van der Waals surface area contributed by atoms with Gasteiger partial charge in [0.05, 0.1) is 17.4 Å². The molecule has 0 aliphatic rings. The Balaban J connectivity index is 3.04. The molecule has 8 heteroatoms. The van der Waals surface area contributed by atoms with Crippen LogP contribution in [0.2, 0.25) is 0 Å². The normalized spacial score (nSPS) is 13.1. The van der Waals surface area contributed by atoms with Crippen LogP contribution in [0.25, 0.3) is 0 Å². The van der Waals surface area contributed by atoms with Gasteiger partial charge < -0.3 is 15.8 Å². The molecule has 0 aliphatic heterocycles. The topological polar surface area (TPSA) is 102 Å². The number of rotatable bonds is 9. The Hall–Kier alpha value is -1.48. The molecule has 1 aromatic carbocycles. The molecule has 0 spiro atoms. The molecule has 0 aliphatic carbocycles. The first kappa shape index (κ1) is 20.6. The average molecular weight is 357 g/mol. The Kier molecular flexibility index (Phi) is 7.82. The zero-order valence-electron chi connectivity index (χ0n) is 14.7. The van der Waals surface area contributed by atoms with Gasteiger partial charge in [0, 0.05) is 32.4 Å². The lowest BCUT2D eigenvalue weighted by Crippen LogP contribution is -2.31. The first-order valence-electron chi connectivity index (χ1n) is 7.93. The van der Waals surface area contributed by atoms with Crippen molar-refractivity contribution in [1.82, 2.24) is 4.31 Å². The van der Waals surface area contributed by atoms with Crippen LogP contribution in [0.15, 0.2) is 23.1 Å². The van der Waals surface area contributed by atoms with Gasteiger partial charge in [0.2, 0.25) is 15.9 Å². The summed E-state index contributed by atoms with van der Waals surface area (Å²) in [6.45, 7) is 6.33. The van der Waals surface area contributed by atoms with Crippen molar-refractivity contribution in [1.29, 1.82) is 0 Å². The predicted molar refractivity (Wildman–Crippen MR) is 94.4 cm³/mol. The summed E-state index contributed by atoms with van der Waals surface area (Å²) in [5.41, 5.74) is 6.57. The Bertz CT molecular complexity index is 653. The van der Waals surface area contributed by atoms with Crippen LogP contribution in [0.1, 0.15) is 25.8 Å². The number of nitrogens with zero attached hydrogens (tertiary/aromatic N) is 1. The molecule has 24 heavy (non-hydrogen) atoms. The highest BCUT2D eigenvalue weighted by atomic mass is 32.2. The number of benzene rings is 1. The second-order valence-electron chi connectivity index (χ2n) is 5.42. The van der Waals surface area contributed by atoms with E-state index in [-0.39, 0.29) is 29.9 Å². The molecule has 0 heterocycles. The molecule has 0 aromatic heterocycles. The van der Waals surface area contributed by atoms with Crippen LogP contribution in [0, 0.1) is 6.92 Å². The Morgan fingerprint density at radius 1 is 1.33 bits per heavy atom. The SMILES string of the molecule is CCN(CC)S(=O)(=O)c1cc(NC(=O)CC(CN)OC)ccc1C. The Morgan fingerprint density at radius 2 is 1.96 bits per heavy atom. The van der Waals surface area contributed by atoms with E-state index in [2.05, 4.69) is 5.32 Å². The number of nitrogens with one attached hydrogen (secondary N) is 1. The highest BCUT2D eigenvalue weighted by molar-refractivity contribution is 7.89. The first-order chi connectivity index (χ1) is 11.3. The molecule has 3 N–H and O–H groups in total. The van der Waals surface area contributed by atoms with Crippen molar-refractivity contribution in [2.75, 3.05) is 32.1 Å². The number of sulfonamides is 1. The molecule has 0 bridgehead atoms. The van der Waals surface area contributed by atoms with Crippen molar-refractivity contribution < 1.29 is 17.9 Å². The molecular weight excluding hydrogens is 330 g/mol. The second-order valence-corrected chi connectivity index (χ2v) is 7.32. The summed E-state index contributed by atoms with van der Waals surface area (Å²) < 4.78 is 31.9. The molecule has 1 unspecified atom stereocenters. The number of hydrogen-bond donors (Lipinski definition) is 2. The quantitative estimate of drug-likeness (QED) is 0.694. The van der Waals surface area contributed by atoms with Gasteiger partial charge in [0.1, 0.15) is 0 Å². The van der Waals surface area contributed by atoms with Crippen molar-refractivity contribution >= 4 is 21.6 Å². The molecule has 0 saturated heterocycles. The van der Waals surface area contributed by atoms with Crippen molar-refractivity contribution in [2.45, 2.75) is 38.2 Å². The standard InChI is InChI=1S/C16H27N3O4S/c1-5-19(6-2)24(21,22)15-9-13(8-7-12(15)3)18-16(20)10-14(11-17)23-4/h7-9,14H,5-6,10-11,17H2,1-4H3,(H,18,20). The van der Waals surface area contributed by atoms with E-state index in [4.69, 9.17) is 10.5 Å². The molecule has 1 aromatic rings. The third kappa shape index (κ3) is 5.01. The lowest BCUT2D eigenvalue weighted by atomic mass is 10.2. The van der Waals surface area contributed by atoms with Gasteiger partial charge in [-0.05, 0) is 24.6 Å². The lowest BCUT2D eigenvalue weighted by Gasteiger charge is -2.20. The molecule has 0 fully saturated rings. The van der Waals surface area contributed by atoms with Gasteiger partial charge in [0.15, 0.2) is 0 Å². The summed E-state index contributed by atoms with van der Waals surface area (Å²) in [5.74, 6) is -0.276. The molecular formula is C16H27N3O4S. The highest BCUT2D eigenvalue weighted by Gasteiger charge is 2.24. The number of ether oxygens (including phenoxy) is 1. The van der Waals surface area contributed by atoms with Crippen molar-refractivity contribution in [3.63, 3.8) is 0 Å². The maximum Gasteiger partial charge on any atom is 0.243 e. The maximum absolute atomic E-state index is 12.7. The highest BCUT2D eigenvalue weighted by Crippen LogP contribution is 2.23. The van der Waals surface area contributed by atoms with Gasteiger partial charge >= 0.3 is 0 Å². The smallest absolute Gasteiger partial charge is 0.243 e. The third-order valence-corrected chi connectivity index (χ3v) is 6.00. The minimum absolute atomic E-state index is 0.110. The number of aryl methyl sites for hydroxylation is 1. The van der Waals surface area contributed by atoms with Gasteiger partial charge in [-0.1, -0.05) is 19.9 Å². The zero-order valence-corrected chi connectivity index (χ0v) is 15.5. The lowest BCUT2D eigenvalue weighted by molar-refractivity contribution is -0.118. The number of methoxy groups -OCH3 is 1. The minimum Gasteiger partial charge on any atom is -0.380 e. The summed E-state index contributed by atoms with van der Waals surface area (Å²) in [6, 6.07) is 4.85. The first-order valence-corrected chi connectivity index (χ1v) is 9.37. The van der Waals surface area contributed by atoms with E-state index >= 15 is 0 Å². The molecule has 1 rings (SSSR count). The monoisotopic (exact) mass is 357 g/mol. The van der Waals surface area contributed by atoms with Crippen molar-refractivity contribution in [3.8, 4) is 0 Å². The second kappa shape index (κ2) is 9.12. The Labute approximate surface area is 144 Å². The van der Waals surface area contributed by atoms with Gasteiger partial charge in [0.25, 0.3) is 0 Å². The van der Waals surface area contributed by atoms with E-state index in [0.29, 0.717) is 24.3 Å². The van der Waals surface area contributed by atoms with Gasteiger partial charge in [-0.25, -0.2) is 8.42 Å². The Morgan fingerprint density at radius 3 is 2.46 bits per heavy atom. The van der Waals surface area contributed by atoms with Crippen molar-refractivity contribution in [2.24, 2.45) is 5.73 Å². The van der Waals surface area contributed by atoms with Crippen LogP contribution >= 0.6 is 0 Å². The number of hydrogen-bond acceptors (Lipinski definition) is 5. The van der Waals surface area contributed by atoms with Crippen LogP contribution in [-0.2, 0) is 19.6 Å². The zero-order chi connectivity index (χ0) is 18.3. The fraction of sp³-hybridized carbons (Fsp3) is 0.562. The fourth-order valence-electron chi connectivity index (χ4n) is 2.34. The van der Waals surface area contributed by atoms with E-state index in [1.807, 2.05) is 0 Å². The van der Waals surface area contributed by atoms with E-state index in [0.717, 1.165) is 0 Å². The van der Waals surface area contributed by atoms with Crippen LogP contribution in [0.3, 0.4) is 0 Å². The van der Waals surface area contributed by atoms with Crippen LogP contribution in [-0.4, -0.2) is 51.5 Å². The maximum atomic E-state index is 12.7. The molecule has 0 saturated carbocycles. The van der Waals surface area contributed by atoms with Gasteiger partial charge in [-0.2, -0.15) is 4.31 Å². The van der Waals surface area contributed by atoms with E-state index in [9.17, 15) is 13.2 Å². The molecule has 7 nitrogen and oxygen atoms in total. The average Bonchev–Trinajstić information content (AvgIpc) is 2.55. The number of carbonyl (C=O) groups excluding carboxylic acids is 1. The predicted octanol–water partition coefficient (Wildman–Crippen LogP) is 1.33. The largest absolute Gasteiger partial charge is 0.380 e. The molecule has 136 valence electrons. The number of amides is 1. The molecule has 0 radical (unpaired) electrons. The fourth-order valence-corrected chi connectivity index (χ4v) is 4.05. The van der Waals surface area contributed by atoms with Crippen LogP contribution in [0.4, 0.5) is 5.69 Å². The van der Waals surface area contributed by atoms with Gasteiger partial charge in [-0.15, -0.1) is 0 Å². The van der Waals surface area contributed by atoms with Crippen LogP contribution in [0.5, 0.6) is 0 Å². The van der Waals surface area contributed by atoms with Crippen molar-refractivity contribution in [3.05, 3.63) is 23.8 Å². The summed E-state index contributed by atoms with van der Waals surface area (Å²) >= 11 is 0. The number of anilines is 1. The minimum atomic E-state index is -3.59. The van der Waals surface area contributed by atoms with Gasteiger partial charge in [-0.3, -0.25) is 4.79 Å². The van der Waals surface area contributed by atoms with E-state index in [1.54, 1.807) is 32.9 Å². The summed E-state index contributed by atoms with van der Waals surface area (Å²) in [7, 11) is -2.09. The summed E-state index contributed by atoms with van der Waals surface area (Å²) in [4.78, 5) is 12.2. The van der Waals surface area contributed by atoms with Crippen LogP contribution < -0.4 is 11.1 Å². The van der Waals surface area contributed by atoms with E-state index < -0.39 is 10.0 Å². The van der Waals surface area contributed by atoms with E-state index in [1.165, 1.54) is 17.5 Å². The summed E-state index contributed by atoms with van der Waals surface area (Å²) in [5, 5.41) is 2.70. The number of nitrogens with two attached hydrogens (primary N) is 1. The summed E-state index contributed by atoms with van der Waals surface area (Å²) in [6.07, 6.45) is -0.256. The molecule has 1 atom stereocenters. The molecule has 1 amide bonds. The third-order valence-electron chi connectivity index (χ3n) is 3.80.